The molecule has 2 aliphatic rings. The van der Waals surface area contributed by atoms with Crippen molar-refractivity contribution in [2.75, 3.05) is 0 Å². The minimum atomic E-state index is 0.0653. The van der Waals surface area contributed by atoms with Gasteiger partial charge in [-0.05, 0) is 32.3 Å². The third-order valence-corrected chi connectivity index (χ3v) is 4.06. The molecule has 1 aliphatic heterocycles. The molecule has 0 bridgehead atoms. The van der Waals surface area contributed by atoms with Crippen LogP contribution in [0.3, 0.4) is 0 Å². The lowest BCUT2D eigenvalue weighted by Gasteiger charge is -2.08. The van der Waals surface area contributed by atoms with Gasteiger partial charge in [-0.1, -0.05) is 41.6 Å². The highest BCUT2D eigenvalue weighted by Gasteiger charge is 2.42. The normalized spacial score (nSPS) is 25.4. The SMILES string of the molecule is BrC1=NO[C@H]2c3cccc4cccc(c34)[C@@H]12. The zero-order valence-electron chi connectivity index (χ0n) is 8.35. The quantitative estimate of drug-likeness (QED) is 0.717. The monoisotopic (exact) mass is 273 g/mol. The van der Waals surface area contributed by atoms with Gasteiger partial charge in [0.1, 0.15) is 4.62 Å². The molecule has 2 atom stereocenters. The molecule has 0 aromatic heterocycles. The summed E-state index contributed by atoms with van der Waals surface area (Å²) in [5.41, 5.74) is 2.59. The molecule has 0 amide bonds. The third kappa shape index (κ3) is 0.901. The van der Waals surface area contributed by atoms with Crippen molar-refractivity contribution < 1.29 is 4.84 Å². The van der Waals surface area contributed by atoms with Crippen molar-refractivity contribution >= 4 is 31.3 Å². The molecule has 0 unspecified atom stereocenters. The second-order valence-corrected chi connectivity index (χ2v) is 5.02. The zero-order chi connectivity index (χ0) is 10.7. The Hall–Kier alpha value is -1.35. The van der Waals surface area contributed by atoms with Crippen LogP contribution in [0.25, 0.3) is 10.8 Å². The van der Waals surface area contributed by atoms with Gasteiger partial charge in [0.25, 0.3) is 0 Å². The van der Waals surface area contributed by atoms with Crippen LogP contribution in [0.1, 0.15) is 23.1 Å². The fraction of sp³-hybridized carbons (Fsp3) is 0.154. The molecule has 0 saturated heterocycles. The van der Waals surface area contributed by atoms with Crippen LogP contribution in [0.4, 0.5) is 0 Å². The van der Waals surface area contributed by atoms with Crippen LogP contribution >= 0.6 is 15.9 Å². The van der Waals surface area contributed by atoms with Crippen LogP contribution in [0.15, 0.2) is 41.6 Å². The zero-order valence-corrected chi connectivity index (χ0v) is 9.94. The largest absolute Gasteiger partial charge is 0.386 e. The molecule has 78 valence electrons. The van der Waals surface area contributed by atoms with Crippen molar-refractivity contribution in [3.05, 3.63) is 47.5 Å². The summed E-state index contributed by atoms with van der Waals surface area (Å²) in [7, 11) is 0. The molecule has 2 aromatic rings. The highest BCUT2D eigenvalue weighted by molar-refractivity contribution is 9.18. The number of oxime groups is 1. The van der Waals surface area contributed by atoms with Crippen molar-refractivity contribution in [2.24, 2.45) is 5.16 Å². The summed E-state index contributed by atoms with van der Waals surface area (Å²) in [6, 6.07) is 12.8. The molecule has 1 heterocycles. The lowest BCUT2D eigenvalue weighted by Crippen LogP contribution is -2.04. The standard InChI is InChI=1S/C13H8BrNO/c14-13-11-8-5-1-3-7-4-2-6-9(10(7)8)12(11)16-15-13/h1-6,11-12H/t11-,12+/m1/s1. The maximum atomic E-state index is 5.50. The first-order valence-electron chi connectivity index (χ1n) is 5.27. The molecule has 0 N–H and O–H groups in total. The van der Waals surface area contributed by atoms with Crippen LogP contribution in [0, 0.1) is 0 Å². The van der Waals surface area contributed by atoms with Crippen molar-refractivity contribution in [3.8, 4) is 0 Å². The van der Waals surface area contributed by atoms with Crippen molar-refractivity contribution in [2.45, 2.75) is 12.0 Å². The van der Waals surface area contributed by atoms with E-state index in [0.717, 1.165) is 4.62 Å². The van der Waals surface area contributed by atoms with Crippen molar-refractivity contribution in [1.29, 1.82) is 0 Å². The van der Waals surface area contributed by atoms with Gasteiger partial charge in [-0.25, -0.2) is 0 Å². The Bertz CT molecular complexity index is 630. The predicted octanol–water partition coefficient (Wildman–Crippen LogP) is 3.72. The minimum Gasteiger partial charge on any atom is -0.386 e. The minimum absolute atomic E-state index is 0.0653. The van der Waals surface area contributed by atoms with Gasteiger partial charge in [-0.15, -0.1) is 0 Å². The van der Waals surface area contributed by atoms with Gasteiger partial charge in [-0.3, -0.25) is 0 Å². The molecule has 0 saturated carbocycles. The number of hydrogen-bond acceptors (Lipinski definition) is 2. The molecular weight excluding hydrogens is 266 g/mol. The van der Waals surface area contributed by atoms with E-state index >= 15 is 0 Å². The Morgan fingerprint density at radius 2 is 1.81 bits per heavy atom. The molecule has 2 aromatic carbocycles. The molecule has 0 spiro atoms. The van der Waals surface area contributed by atoms with E-state index in [4.69, 9.17) is 4.84 Å². The van der Waals surface area contributed by atoms with Gasteiger partial charge in [0.15, 0.2) is 6.10 Å². The van der Waals surface area contributed by atoms with E-state index in [1.807, 2.05) is 0 Å². The van der Waals surface area contributed by atoms with Gasteiger partial charge >= 0.3 is 0 Å². The van der Waals surface area contributed by atoms with E-state index < -0.39 is 0 Å². The van der Waals surface area contributed by atoms with Crippen molar-refractivity contribution in [3.63, 3.8) is 0 Å². The van der Waals surface area contributed by atoms with Crippen LogP contribution in [-0.2, 0) is 4.84 Å². The van der Waals surface area contributed by atoms with Gasteiger partial charge in [0.2, 0.25) is 0 Å². The Morgan fingerprint density at radius 3 is 2.62 bits per heavy atom. The van der Waals surface area contributed by atoms with Gasteiger partial charge in [-0.2, -0.15) is 0 Å². The summed E-state index contributed by atoms with van der Waals surface area (Å²) in [5, 5.41) is 6.67. The maximum Gasteiger partial charge on any atom is 0.166 e. The molecule has 0 fully saturated rings. The summed E-state index contributed by atoms with van der Waals surface area (Å²) in [6.07, 6.45) is 0.0653. The number of fused-ring (bicyclic) bond motifs is 3. The first-order chi connectivity index (χ1) is 7.86. The maximum absolute atomic E-state index is 5.50. The molecule has 4 rings (SSSR count). The summed E-state index contributed by atoms with van der Waals surface area (Å²) in [6.45, 7) is 0. The highest BCUT2D eigenvalue weighted by atomic mass is 79.9. The van der Waals surface area contributed by atoms with E-state index in [0.29, 0.717) is 0 Å². The predicted molar refractivity (Wildman–Crippen MR) is 66.9 cm³/mol. The molecule has 3 heteroatoms. The Labute approximate surface area is 101 Å². The second kappa shape index (κ2) is 2.86. The molecule has 0 radical (unpaired) electrons. The summed E-state index contributed by atoms with van der Waals surface area (Å²) < 4.78 is 0.904. The van der Waals surface area contributed by atoms with Crippen LogP contribution in [-0.4, -0.2) is 4.62 Å². The molecule has 2 nitrogen and oxygen atoms in total. The van der Waals surface area contributed by atoms with Crippen molar-refractivity contribution in [1.82, 2.24) is 0 Å². The van der Waals surface area contributed by atoms with E-state index in [9.17, 15) is 0 Å². The summed E-state index contributed by atoms with van der Waals surface area (Å²) in [5.74, 6) is 0.251. The van der Waals surface area contributed by atoms with E-state index in [1.165, 1.54) is 21.9 Å². The van der Waals surface area contributed by atoms with E-state index in [2.05, 4.69) is 57.5 Å². The highest BCUT2D eigenvalue weighted by Crippen LogP contribution is 2.51. The van der Waals surface area contributed by atoms with Crippen LogP contribution in [0.2, 0.25) is 0 Å². The average molecular weight is 274 g/mol. The van der Waals surface area contributed by atoms with E-state index in [-0.39, 0.29) is 12.0 Å². The number of benzene rings is 2. The second-order valence-electron chi connectivity index (χ2n) is 4.21. The van der Waals surface area contributed by atoms with E-state index in [1.54, 1.807) is 0 Å². The van der Waals surface area contributed by atoms with Gasteiger partial charge in [0.05, 0.1) is 5.92 Å². The first-order valence-corrected chi connectivity index (χ1v) is 6.06. The number of halogens is 1. The lowest BCUT2D eigenvalue weighted by molar-refractivity contribution is 0.0808. The van der Waals surface area contributed by atoms with Gasteiger partial charge < -0.3 is 4.84 Å². The molecule has 1 aliphatic carbocycles. The average Bonchev–Trinajstić information content (AvgIpc) is 2.83. The fourth-order valence-electron chi connectivity index (χ4n) is 2.77. The van der Waals surface area contributed by atoms with Crippen LogP contribution < -0.4 is 0 Å². The van der Waals surface area contributed by atoms with Gasteiger partial charge in [0, 0.05) is 5.56 Å². The summed E-state index contributed by atoms with van der Waals surface area (Å²) >= 11 is 3.49. The smallest absolute Gasteiger partial charge is 0.166 e. The Morgan fingerprint density at radius 1 is 1.06 bits per heavy atom. The molecule has 16 heavy (non-hydrogen) atoms. The Kier molecular flexibility index (Phi) is 1.56. The summed E-state index contributed by atoms with van der Waals surface area (Å²) in [4.78, 5) is 5.50. The third-order valence-electron chi connectivity index (χ3n) is 3.42. The van der Waals surface area contributed by atoms with Crippen LogP contribution in [0.5, 0.6) is 0 Å². The number of hydrogen-bond donors (Lipinski definition) is 0. The number of nitrogens with zero attached hydrogens (tertiary/aromatic N) is 1. The topological polar surface area (TPSA) is 21.6 Å². The lowest BCUT2D eigenvalue weighted by atomic mass is 10.0. The first kappa shape index (κ1) is 8.76. The fourth-order valence-corrected chi connectivity index (χ4v) is 3.34. The molecular formula is C13H8BrNO. The Balaban J connectivity index is 2.14. The number of rotatable bonds is 0.